The molecule has 2 atom stereocenters. The summed E-state index contributed by atoms with van der Waals surface area (Å²) < 4.78 is 5.48. The summed E-state index contributed by atoms with van der Waals surface area (Å²) in [5.41, 5.74) is 0.177. The van der Waals surface area contributed by atoms with Gasteiger partial charge in [0.05, 0.1) is 18.4 Å². The van der Waals surface area contributed by atoms with Crippen LogP contribution in [0.4, 0.5) is 0 Å². The lowest BCUT2D eigenvalue weighted by Crippen LogP contribution is -2.46. The number of rotatable bonds is 3. The minimum absolute atomic E-state index is 0.537. The van der Waals surface area contributed by atoms with Crippen molar-refractivity contribution < 1.29 is 9.84 Å². The first-order valence-electron chi connectivity index (χ1n) is 7.26. The molecular formula is C15H22N2O2. The fourth-order valence-corrected chi connectivity index (χ4v) is 3.42. The predicted molar refractivity (Wildman–Crippen MR) is 73.1 cm³/mol. The van der Waals surface area contributed by atoms with Crippen LogP contribution >= 0.6 is 0 Å². The molecule has 2 aliphatic rings. The Labute approximate surface area is 114 Å². The smallest absolute Gasteiger partial charge is 0.137 e. The van der Waals surface area contributed by atoms with E-state index in [1.807, 2.05) is 13.0 Å². The molecule has 2 fully saturated rings. The number of ether oxygens (including phenoxy) is 1. The molecule has 4 nitrogen and oxygen atoms in total. The van der Waals surface area contributed by atoms with Crippen LogP contribution in [0.15, 0.2) is 18.5 Å². The standard InChI is InChI=1S/C15H22N2O2/c1-2-19-14-8-12(10-16-11-14)15(18)5-7-17-6-3-4-13(17)9-15/h8,10-11,13,18H,2-7,9H2,1H3. The van der Waals surface area contributed by atoms with E-state index in [1.165, 1.54) is 19.4 Å². The second-order valence-corrected chi connectivity index (χ2v) is 5.66. The van der Waals surface area contributed by atoms with Crippen LogP contribution in [-0.4, -0.2) is 40.7 Å². The molecule has 0 aromatic carbocycles. The number of fused-ring (bicyclic) bond motifs is 1. The number of piperidine rings is 1. The molecule has 104 valence electrons. The number of aliphatic hydroxyl groups is 1. The molecule has 1 aromatic heterocycles. The van der Waals surface area contributed by atoms with Gasteiger partial charge in [0.15, 0.2) is 0 Å². The molecule has 0 amide bonds. The average Bonchev–Trinajstić information content (AvgIpc) is 2.86. The van der Waals surface area contributed by atoms with Crippen molar-refractivity contribution in [1.29, 1.82) is 0 Å². The maximum atomic E-state index is 11.0. The van der Waals surface area contributed by atoms with E-state index in [0.717, 1.165) is 30.7 Å². The maximum Gasteiger partial charge on any atom is 0.137 e. The molecule has 3 rings (SSSR count). The first kappa shape index (κ1) is 12.9. The van der Waals surface area contributed by atoms with Crippen molar-refractivity contribution in [2.45, 2.75) is 44.2 Å². The minimum atomic E-state index is -0.731. The van der Waals surface area contributed by atoms with Gasteiger partial charge in [0.25, 0.3) is 0 Å². The van der Waals surface area contributed by atoms with Gasteiger partial charge in [0.2, 0.25) is 0 Å². The van der Waals surface area contributed by atoms with Crippen molar-refractivity contribution in [3.05, 3.63) is 24.0 Å². The maximum absolute atomic E-state index is 11.0. The largest absolute Gasteiger partial charge is 0.492 e. The fraction of sp³-hybridized carbons (Fsp3) is 0.667. The van der Waals surface area contributed by atoms with Gasteiger partial charge in [-0.2, -0.15) is 0 Å². The SMILES string of the molecule is CCOc1cncc(C2(O)CCN3CCCC3C2)c1. The summed E-state index contributed by atoms with van der Waals surface area (Å²) in [7, 11) is 0. The topological polar surface area (TPSA) is 45.6 Å². The van der Waals surface area contributed by atoms with Gasteiger partial charge in [-0.15, -0.1) is 0 Å². The zero-order valence-corrected chi connectivity index (χ0v) is 11.5. The highest BCUT2D eigenvalue weighted by Gasteiger charge is 2.41. The molecule has 0 aliphatic carbocycles. The van der Waals surface area contributed by atoms with Gasteiger partial charge >= 0.3 is 0 Å². The van der Waals surface area contributed by atoms with Crippen molar-refractivity contribution in [3.8, 4) is 5.75 Å². The lowest BCUT2D eigenvalue weighted by molar-refractivity contribution is -0.0412. The first-order chi connectivity index (χ1) is 9.21. The van der Waals surface area contributed by atoms with Crippen molar-refractivity contribution in [2.24, 2.45) is 0 Å². The zero-order chi connectivity index (χ0) is 13.3. The lowest BCUT2D eigenvalue weighted by atomic mass is 9.81. The highest BCUT2D eigenvalue weighted by Crippen LogP contribution is 2.39. The fourth-order valence-electron chi connectivity index (χ4n) is 3.42. The Kier molecular flexibility index (Phi) is 3.46. The molecule has 1 N–H and O–H groups in total. The van der Waals surface area contributed by atoms with E-state index in [9.17, 15) is 5.11 Å². The highest BCUT2D eigenvalue weighted by atomic mass is 16.5. The van der Waals surface area contributed by atoms with Crippen LogP contribution in [0.2, 0.25) is 0 Å². The van der Waals surface area contributed by atoms with Crippen LogP contribution in [0.25, 0.3) is 0 Å². The first-order valence-corrected chi connectivity index (χ1v) is 7.26. The van der Waals surface area contributed by atoms with E-state index in [0.29, 0.717) is 12.6 Å². The lowest BCUT2D eigenvalue weighted by Gasteiger charge is -2.41. The Morgan fingerprint density at radius 1 is 1.47 bits per heavy atom. The molecule has 0 saturated carbocycles. The summed E-state index contributed by atoms with van der Waals surface area (Å²) in [5, 5.41) is 11.0. The van der Waals surface area contributed by atoms with Crippen molar-refractivity contribution in [2.75, 3.05) is 19.7 Å². The summed E-state index contributed by atoms with van der Waals surface area (Å²) in [5.74, 6) is 0.752. The Hall–Kier alpha value is -1.13. The van der Waals surface area contributed by atoms with Crippen molar-refractivity contribution in [1.82, 2.24) is 9.88 Å². The minimum Gasteiger partial charge on any atom is -0.492 e. The van der Waals surface area contributed by atoms with Gasteiger partial charge in [-0.1, -0.05) is 0 Å². The second-order valence-electron chi connectivity index (χ2n) is 5.66. The monoisotopic (exact) mass is 262 g/mol. The van der Waals surface area contributed by atoms with Gasteiger partial charge < -0.3 is 14.7 Å². The summed E-state index contributed by atoms with van der Waals surface area (Å²) in [6.07, 6.45) is 7.58. The Balaban J connectivity index is 1.81. The third-order valence-corrected chi connectivity index (χ3v) is 4.45. The summed E-state index contributed by atoms with van der Waals surface area (Å²) in [6.45, 7) is 4.76. The van der Waals surface area contributed by atoms with Crippen LogP contribution in [0.1, 0.15) is 38.2 Å². The van der Waals surface area contributed by atoms with E-state index in [4.69, 9.17) is 4.74 Å². The van der Waals surface area contributed by atoms with Crippen LogP contribution in [0.3, 0.4) is 0 Å². The van der Waals surface area contributed by atoms with Gasteiger partial charge in [-0.3, -0.25) is 4.98 Å². The van der Waals surface area contributed by atoms with Gasteiger partial charge in [-0.05, 0) is 45.2 Å². The molecule has 3 heterocycles. The van der Waals surface area contributed by atoms with Crippen molar-refractivity contribution in [3.63, 3.8) is 0 Å². The number of nitrogens with zero attached hydrogens (tertiary/aromatic N) is 2. The molecule has 2 unspecified atom stereocenters. The molecule has 2 aliphatic heterocycles. The highest BCUT2D eigenvalue weighted by molar-refractivity contribution is 5.29. The van der Waals surface area contributed by atoms with Crippen LogP contribution in [0, 0.1) is 0 Å². The molecular weight excluding hydrogens is 240 g/mol. The molecule has 4 heteroatoms. The van der Waals surface area contributed by atoms with Crippen LogP contribution in [0.5, 0.6) is 5.75 Å². The molecule has 2 saturated heterocycles. The van der Waals surface area contributed by atoms with E-state index in [2.05, 4.69) is 9.88 Å². The molecule has 0 radical (unpaired) electrons. The predicted octanol–water partition coefficient (Wildman–Crippen LogP) is 1.93. The van der Waals surface area contributed by atoms with Crippen LogP contribution < -0.4 is 4.74 Å². The quantitative estimate of drug-likeness (QED) is 0.904. The third-order valence-electron chi connectivity index (χ3n) is 4.45. The van der Waals surface area contributed by atoms with Crippen LogP contribution in [-0.2, 0) is 5.60 Å². The normalized spacial score (nSPS) is 31.2. The second kappa shape index (κ2) is 5.10. The Bertz CT molecular complexity index is 452. The molecule has 0 bridgehead atoms. The average molecular weight is 262 g/mol. The number of hydrogen-bond acceptors (Lipinski definition) is 4. The Morgan fingerprint density at radius 3 is 3.21 bits per heavy atom. The van der Waals surface area contributed by atoms with E-state index >= 15 is 0 Å². The zero-order valence-electron chi connectivity index (χ0n) is 11.5. The molecule has 0 spiro atoms. The Morgan fingerprint density at radius 2 is 2.37 bits per heavy atom. The van der Waals surface area contributed by atoms with Gasteiger partial charge in [0, 0.05) is 24.3 Å². The summed E-state index contributed by atoms with van der Waals surface area (Å²) in [6, 6.07) is 2.48. The molecule has 1 aromatic rings. The van der Waals surface area contributed by atoms with Gasteiger partial charge in [-0.25, -0.2) is 0 Å². The van der Waals surface area contributed by atoms with Crippen molar-refractivity contribution >= 4 is 0 Å². The third kappa shape index (κ3) is 2.47. The van der Waals surface area contributed by atoms with Gasteiger partial charge in [0.1, 0.15) is 5.75 Å². The number of pyridine rings is 1. The van der Waals surface area contributed by atoms with E-state index < -0.39 is 5.60 Å². The molecule has 19 heavy (non-hydrogen) atoms. The summed E-state index contributed by atoms with van der Waals surface area (Å²) in [4.78, 5) is 6.72. The number of aromatic nitrogens is 1. The number of hydrogen-bond donors (Lipinski definition) is 1. The van der Waals surface area contributed by atoms with E-state index in [-0.39, 0.29) is 0 Å². The van der Waals surface area contributed by atoms with E-state index in [1.54, 1.807) is 12.4 Å². The summed E-state index contributed by atoms with van der Waals surface area (Å²) >= 11 is 0.